The minimum Gasteiger partial charge on any atom is -0.370 e. The van der Waals surface area contributed by atoms with Crippen LogP contribution in [0.25, 0.3) is 11.4 Å². The summed E-state index contributed by atoms with van der Waals surface area (Å²) in [6.07, 6.45) is 0.833. The normalized spacial score (nSPS) is 11.1. The Hall–Kier alpha value is -2.54. The Morgan fingerprint density at radius 3 is 2.13 bits per heavy atom. The topological polar surface area (TPSA) is 70.7 Å². The second kappa shape index (κ2) is 6.70. The molecule has 3 aromatic rings. The Labute approximate surface area is 134 Å². The lowest BCUT2D eigenvalue weighted by Gasteiger charge is -2.06. The molecule has 0 spiro atoms. The van der Waals surface area contributed by atoms with Gasteiger partial charge < -0.3 is 4.74 Å². The molecule has 2 aromatic heterocycles. The van der Waals surface area contributed by atoms with Crippen LogP contribution in [0.3, 0.4) is 0 Å². The van der Waals surface area contributed by atoms with Crippen molar-refractivity contribution in [2.45, 2.75) is 26.6 Å². The summed E-state index contributed by atoms with van der Waals surface area (Å²) in [5, 5.41) is 16.7. The quantitative estimate of drug-likeness (QED) is 0.695. The van der Waals surface area contributed by atoms with Crippen LogP contribution in [0.5, 0.6) is 0 Å². The van der Waals surface area contributed by atoms with Gasteiger partial charge in [-0.25, -0.2) is 4.68 Å². The summed E-state index contributed by atoms with van der Waals surface area (Å²) < 4.78 is 9.34. The highest BCUT2D eigenvalue weighted by Crippen LogP contribution is 2.23. The van der Waals surface area contributed by atoms with Gasteiger partial charge in [-0.05, 0) is 12.0 Å². The molecular formula is C16H20N6O. The zero-order chi connectivity index (χ0) is 16.2. The van der Waals surface area contributed by atoms with Crippen molar-refractivity contribution in [1.82, 2.24) is 30.0 Å². The third-order valence-electron chi connectivity index (χ3n) is 3.80. The van der Waals surface area contributed by atoms with Crippen LogP contribution in [-0.2, 0) is 38.5 Å². The molecule has 0 aliphatic carbocycles. The fourth-order valence-corrected chi connectivity index (χ4v) is 2.52. The van der Waals surface area contributed by atoms with Gasteiger partial charge >= 0.3 is 0 Å². The summed E-state index contributed by atoms with van der Waals surface area (Å²) in [5.74, 6) is 0. The van der Waals surface area contributed by atoms with Crippen LogP contribution in [0.2, 0.25) is 0 Å². The fraction of sp³-hybridized carbons (Fsp3) is 0.375. The van der Waals surface area contributed by atoms with Gasteiger partial charge in [-0.3, -0.25) is 4.68 Å². The molecular weight excluding hydrogens is 292 g/mol. The van der Waals surface area contributed by atoms with Crippen LogP contribution in [0.4, 0.5) is 0 Å². The largest absolute Gasteiger partial charge is 0.370 e. The second-order valence-electron chi connectivity index (χ2n) is 5.35. The molecule has 0 saturated carbocycles. The first-order valence-corrected chi connectivity index (χ1v) is 7.59. The molecule has 0 atom stereocenters. The first-order chi connectivity index (χ1) is 11.2. The van der Waals surface area contributed by atoms with Gasteiger partial charge in [-0.2, -0.15) is 0 Å². The molecule has 0 amide bonds. The van der Waals surface area contributed by atoms with E-state index < -0.39 is 0 Å². The van der Waals surface area contributed by atoms with Crippen LogP contribution in [-0.4, -0.2) is 30.0 Å². The highest BCUT2D eigenvalue weighted by Gasteiger charge is 2.20. The zero-order valence-electron chi connectivity index (χ0n) is 13.6. The van der Waals surface area contributed by atoms with E-state index in [1.165, 1.54) is 0 Å². The first-order valence-electron chi connectivity index (χ1n) is 7.59. The lowest BCUT2D eigenvalue weighted by molar-refractivity contribution is 0.102. The van der Waals surface area contributed by atoms with Crippen molar-refractivity contribution in [3.63, 3.8) is 0 Å². The SMILES string of the molecule is CCc1c(-c2nnn(C)c2COCc2ccccc2)nnn1C. The highest BCUT2D eigenvalue weighted by molar-refractivity contribution is 5.59. The number of nitrogens with zero attached hydrogens (tertiary/aromatic N) is 6. The third kappa shape index (κ3) is 3.14. The molecule has 0 fully saturated rings. The Morgan fingerprint density at radius 2 is 1.48 bits per heavy atom. The van der Waals surface area contributed by atoms with Gasteiger partial charge in [0, 0.05) is 14.1 Å². The van der Waals surface area contributed by atoms with E-state index in [2.05, 4.69) is 27.5 Å². The van der Waals surface area contributed by atoms with Crippen molar-refractivity contribution >= 4 is 0 Å². The molecule has 23 heavy (non-hydrogen) atoms. The Morgan fingerprint density at radius 1 is 0.870 bits per heavy atom. The minimum atomic E-state index is 0.424. The average molecular weight is 312 g/mol. The van der Waals surface area contributed by atoms with E-state index in [1.54, 1.807) is 9.36 Å². The van der Waals surface area contributed by atoms with Crippen LogP contribution in [0, 0.1) is 0 Å². The monoisotopic (exact) mass is 312 g/mol. The molecule has 0 N–H and O–H groups in total. The number of ether oxygens (including phenoxy) is 1. The summed E-state index contributed by atoms with van der Waals surface area (Å²) in [4.78, 5) is 0. The Bertz CT molecular complexity index is 777. The summed E-state index contributed by atoms with van der Waals surface area (Å²) in [6, 6.07) is 10.1. The molecule has 120 valence electrons. The van der Waals surface area contributed by atoms with Crippen LogP contribution in [0.1, 0.15) is 23.9 Å². The predicted octanol–water partition coefficient (Wildman–Crippen LogP) is 1.89. The van der Waals surface area contributed by atoms with Gasteiger partial charge in [0.15, 0.2) is 0 Å². The zero-order valence-corrected chi connectivity index (χ0v) is 13.6. The lowest BCUT2D eigenvalue weighted by atomic mass is 10.2. The summed E-state index contributed by atoms with van der Waals surface area (Å²) in [5.41, 5.74) is 4.59. The van der Waals surface area contributed by atoms with Gasteiger partial charge in [0.05, 0.1) is 24.6 Å². The van der Waals surface area contributed by atoms with E-state index in [1.807, 2.05) is 44.4 Å². The highest BCUT2D eigenvalue weighted by atomic mass is 16.5. The van der Waals surface area contributed by atoms with Gasteiger partial charge in [-0.15, -0.1) is 10.2 Å². The maximum absolute atomic E-state index is 5.83. The average Bonchev–Trinajstić information content (AvgIpc) is 3.11. The number of aryl methyl sites for hydroxylation is 2. The molecule has 3 rings (SSSR count). The van der Waals surface area contributed by atoms with Crippen molar-refractivity contribution < 1.29 is 4.74 Å². The summed E-state index contributed by atoms with van der Waals surface area (Å²) >= 11 is 0. The molecule has 0 unspecified atom stereocenters. The van der Waals surface area contributed by atoms with Crippen molar-refractivity contribution in [2.75, 3.05) is 0 Å². The van der Waals surface area contributed by atoms with E-state index in [9.17, 15) is 0 Å². The molecule has 0 aliphatic heterocycles. The van der Waals surface area contributed by atoms with Crippen molar-refractivity contribution in [3.05, 3.63) is 47.3 Å². The van der Waals surface area contributed by atoms with Crippen LogP contribution < -0.4 is 0 Å². The molecule has 0 bridgehead atoms. The Kier molecular flexibility index (Phi) is 4.47. The van der Waals surface area contributed by atoms with E-state index in [0.29, 0.717) is 13.2 Å². The number of rotatable bonds is 6. The summed E-state index contributed by atoms with van der Waals surface area (Å²) in [6.45, 7) is 3.05. The van der Waals surface area contributed by atoms with Crippen LogP contribution >= 0.6 is 0 Å². The molecule has 1 aromatic carbocycles. The fourth-order valence-electron chi connectivity index (χ4n) is 2.52. The molecule has 2 heterocycles. The number of aromatic nitrogens is 6. The molecule has 0 radical (unpaired) electrons. The number of hydrogen-bond donors (Lipinski definition) is 0. The second-order valence-corrected chi connectivity index (χ2v) is 5.35. The summed E-state index contributed by atoms with van der Waals surface area (Å²) in [7, 11) is 3.75. The molecule has 7 nitrogen and oxygen atoms in total. The van der Waals surface area contributed by atoms with E-state index in [0.717, 1.165) is 34.8 Å². The van der Waals surface area contributed by atoms with Gasteiger partial charge in [0.1, 0.15) is 11.4 Å². The molecule has 0 saturated heterocycles. The Balaban J connectivity index is 1.79. The van der Waals surface area contributed by atoms with Gasteiger partial charge in [-0.1, -0.05) is 47.7 Å². The molecule has 7 heteroatoms. The van der Waals surface area contributed by atoms with E-state index >= 15 is 0 Å². The maximum atomic E-state index is 5.83. The predicted molar refractivity (Wildman–Crippen MR) is 85.3 cm³/mol. The van der Waals surface area contributed by atoms with Crippen molar-refractivity contribution in [2.24, 2.45) is 14.1 Å². The third-order valence-corrected chi connectivity index (χ3v) is 3.80. The first kappa shape index (κ1) is 15.4. The van der Waals surface area contributed by atoms with E-state index in [-0.39, 0.29) is 0 Å². The van der Waals surface area contributed by atoms with Gasteiger partial charge in [0.25, 0.3) is 0 Å². The lowest BCUT2D eigenvalue weighted by Crippen LogP contribution is -2.03. The van der Waals surface area contributed by atoms with E-state index in [4.69, 9.17) is 4.74 Å². The molecule has 0 aliphatic rings. The van der Waals surface area contributed by atoms with Gasteiger partial charge in [0.2, 0.25) is 0 Å². The smallest absolute Gasteiger partial charge is 0.140 e. The van der Waals surface area contributed by atoms with Crippen LogP contribution in [0.15, 0.2) is 30.3 Å². The minimum absolute atomic E-state index is 0.424. The van der Waals surface area contributed by atoms with Crippen molar-refractivity contribution in [1.29, 1.82) is 0 Å². The number of hydrogen-bond acceptors (Lipinski definition) is 5. The number of benzene rings is 1. The van der Waals surface area contributed by atoms with Crippen molar-refractivity contribution in [3.8, 4) is 11.4 Å². The standard InChI is InChI=1S/C16H20N6O/c1-4-13-15(17-19-21(13)2)16-14(22(3)20-18-16)11-23-10-12-8-6-5-7-9-12/h5-9H,4,10-11H2,1-3H3. The maximum Gasteiger partial charge on any atom is 0.140 e.